The van der Waals surface area contributed by atoms with E-state index in [1.165, 1.54) is 21.3 Å². The highest BCUT2D eigenvalue weighted by Gasteiger charge is 2.26. The third kappa shape index (κ3) is 3.86. The van der Waals surface area contributed by atoms with Crippen LogP contribution in [0, 0.1) is 0 Å². The Morgan fingerprint density at radius 1 is 1.14 bits per heavy atom. The highest BCUT2D eigenvalue weighted by Crippen LogP contribution is 2.27. The van der Waals surface area contributed by atoms with Gasteiger partial charge in [-0.15, -0.1) is 11.3 Å². The van der Waals surface area contributed by atoms with Gasteiger partial charge >= 0.3 is 0 Å². The van der Waals surface area contributed by atoms with E-state index in [0.717, 1.165) is 37.6 Å². The Hall–Kier alpha value is -3.20. The number of nitrogens with zero attached hydrogens (tertiary/aromatic N) is 4. The lowest BCUT2D eigenvalue weighted by atomic mass is 10.2. The first-order valence-electron chi connectivity index (χ1n) is 9.66. The molecule has 0 radical (unpaired) electrons. The molecule has 0 saturated heterocycles. The quantitative estimate of drug-likeness (QED) is 0.615. The highest BCUT2D eigenvalue weighted by atomic mass is 32.1. The molecule has 3 N–H and O–H groups in total. The fraction of sp³-hybridized carbons (Fsp3) is 0.300. The van der Waals surface area contributed by atoms with E-state index in [2.05, 4.69) is 42.5 Å². The third-order valence-corrected chi connectivity index (χ3v) is 6.09. The molecule has 9 heteroatoms. The Balaban J connectivity index is 1.17. The van der Waals surface area contributed by atoms with E-state index < -0.39 is 0 Å². The molecule has 1 fully saturated rings. The summed E-state index contributed by atoms with van der Waals surface area (Å²) in [6.45, 7) is 0.734. The molecular formula is C20H21N7OS. The second-order valence-corrected chi connectivity index (χ2v) is 8.15. The van der Waals surface area contributed by atoms with Gasteiger partial charge in [-0.2, -0.15) is 9.78 Å². The molecule has 29 heavy (non-hydrogen) atoms. The zero-order valence-corrected chi connectivity index (χ0v) is 16.5. The Bertz CT molecular complexity index is 1090. The molecule has 1 aliphatic heterocycles. The van der Waals surface area contributed by atoms with E-state index in [1.54, 1.807) is 29.8 Å². The Kier molecular flexibility index (Phi) is 4.73. The Morgan fingerprint density at radius 2 is 2.03 bits per heavy atom. The number of thiophene rings is 1. The van der Waals surface area contributed by atoms with Gasteiger partial charge in [-0.25, -0.2) is 9.98 Å². The van der Waals surface area contributed by atoms with E-state index in [4.69, 9.17) is 0 Å². The van der Waals surface area contributed by atoms with E-state index in [9.17, 15) is 4.79 Å². The van der Waals surface area contributed by atoms with Gasteiger partial charge in [0.15, 0.2) is 5.96 Å². The summed E-state index contributed by atoms with van der Waals surface area (Å²) < 4.78 is 1.34. The lowest BCUT2D eigenvalue weighted by molar-refractivity contribution is 0.618. The second-order valence-electron chi connectivity index (χ2n) is 7.24. The molecule has 1 unspecified atom stereocenters. The number of aromatic nitrogens is 3. The standard InChI is InChI=1S/C20H21N7OS/c28-18-2-1-8-23-27(18)16-5-6-17(21-12-16)24-14-3-4-15(10-14)25-20-22-11-13-7-9-29-19(13)26-20/h1-2,5-9,12,14-15H,3-4,10-11H2,(H,21,24)(H2,22,25,26)/t14?,15-/m0/s1. The van der Waals surface area contributed by atoms with Crippen molar-refractivity contribution in [1.29, 1.82) is 0 Å². The molecule has 1 aliphatic carbocycles. The number of fused-ring (bicyclic) bond motifs is 1. The van der Waals surface area contributed by atoms with Crippen LogP contribution in [0.1, 0.15) is 24.8 Å². The average Bonchev–Trinajstić information content (AvgIpc) is 3.38. The van der Waals surface area contributed by atoms with Gasteiger partial charge in [0, 0.05) is 29.9 Å². The number of hydrogen-bond acceptors (Lipinski definition) is 8. The predicted molar refractivity (Wildman–Crippen MR) is 115 cm³/mol. The van der Waals surface area contributed by atoms with Crippen molar-refractivity contribution in [3.63, 3.8) is 0 Å². The van der Waals surface area contributed by atoms with Gasteiger partial charge in [0.25, 0.3) is 5.56 Å². The van der Waals surface area contributed by atoms with E-state index in [0.29, 0.717) is 17.8 Å². The number of guanidine groups is 1. The monoisotopic (exact) mass is 407 g/mol. The van der Waals surface area contributed by atoms with Crippen LogP contribution < -0.4 is 21.5 Å². The number of aliphatic imine (C=N–C) groups is 1. The van der Waals surface area contributed by atoms with Crippen LogP contribution in [0.15, 0.2) is 57.9 Å². The topological polar surface area (TPSA) is 96.2 Å². The molecule has 0 spiro atoms. The van der Waals surface area contributed by atoms with Crippen LogP contribution in [-0.4, -0.2) is 32.8 Å². The van der Waals surface area contributed by atoms with Crippen molar-refractivity contribution in [3.05, 3.63) is 64.0 Å². The molecule has 4 heterocycles. The Morgan fingerprint density at radius 3 is 2.86 bits per heavy atom. The summed E-state index contributed by atoms with van der Waals surface area (Å²) in [6, 6.07) is 9.70. The first-order chi connectivity index (χ1) is 14.2. The van der Waals surface area contributed by atoms with Crippen LogP contribution in [-0.2, 0) is 6.54 Å². The summed E-state index contributed by atoms with van der Waals surface area (Å²) in [5, 5.41) is 17.8. The smallest absolute Gasteiger partial charge is 0.271 e. The largest absolute Gasteiger partial charge is 0.367 e. The zero-order chi connectivity index (χ0) is 19.6. The number of nitrogens with one attached hydrogen (secondary N) is 3. The van der Waals surface area contributed by atoms with Gasteiger partial charge in [0.05, 0.1) is 18.4 Å². The summed E-state index contributed by atoms with van der Waals surface area (Å²) in [5.74, 6) is 1.67. The van der Waals surface area contributed by atoms with Gasteiger partial charge in [-0.3, -0.25) is 4.79 Å². The summed E-state index contributed by atoms with van der Waals surface area (Å²) in [6.07, 6.45) is 6.40. The summed E-state index contributed by atoms with van der Waals surface area (Å²) in [4.78, 5) is 20.9. The van der Waals surface area contributed by atoms with Crippen molar-refractivity contribution in [2.45, 2.75) is 37.9 Å². The van der Waals surface area contributed by atoms with Crippen molar-refractivity contribution >= 4 is 28.1 Å². The van der Waals surface area contributed by atoms with Crippen molar-refractivity contribution in [2.24, 2.45) is 4.99 Å². The molecule has 5 rings (SSSR count). The van der Waals surface area contributed by atoms with Crippen LogP contribution in [0.4, 0.5) is 10.8 Å². The van der Waals surface area contributed by atoms with Crippen LogP contribution in [0.5, 0.6) is 0 Å². The molecule has 2 aliphatic rings. The third-order valence-electron chi connectivity index (χ3n) is 5.22. The molecule has 148 valence electrons. The SMILES string of the molecule is O=c1cccnn1-c1ccc(NC2CC[C@H](NC3=NCc4ccsc4N3)C2)nc1. The van der Waals surface area contributed by atoms with E-state index in [1.807, 2.05) is 12.1 Å². The van der Waals surface area contributed by atoms with Crippen LogP contribution in [0.25, 0.3) is 5.69 Å². The molecule has 0 bridgehead atoms. The maximum Gasteiger partial charge on any atom is 0.271 e. The second kappa shape index (κ2) is 7.67. The molecular weight excluding hydrogens is 386 g/mol. The Labute approximate surface area is 171 Å². The molecule has 0 amide bonds. The van der Waals surface area contributed by atoms with Gasteiger partial charge in [0.1, 0.15) is 10.8 Å². The van der Waals surface area contributed by atoms with Crippen LogP contribution >= 0.6 is 11.3 Å². The van der Waals surface area contributed by atoms with Crippen molar-refractivity contribution in [3.8, 4) is 5.69 Å². The fourth-order valence-electron chi connectivity index (χ4n) is 3.76. The summed E-state index contributed by atoms with van der Waals surface area (Å²) in [7, 11) is 0. The number of rotatable bonds is 4. The lowest BCUT2D eigenvalue weighted by Gasteiger charge is -2.20. The number of pyridine rings is 1. The van der Waals surface area contributed by atoms with Crippen LogP contribution in [0.2, 0.25) is 0 Å². The summed E-state index contributed by atoms with van der Waals surface area (Å²) >= 11 is 1.71. The van der Waals surface area contributed by atoms with Gasteiger partial charge in [-0.05, 0) is 48.9 Å². The molecule has 8 nitrogen and oxygen atoms in total. The maximum atomic E-state index is 11.9. The first-order valence-corrected chi connectivity index (χ1v) is 10.5. The van der Waals surface area contributed by atoms with Crippen LogP contribution in [0.3, 0.4) is 0 Å². The van der Waals surface area contributed by atoms with Crippen molar-refractivity contribution < 1.29 is 0 Å². The normalized spacial score (nSPS) is 20.5. The van der Waals surface area contributed by atoms with Gasteiger partial charge < -0.3 is 16.0 Å². The number of hydrogen-bond donors (Lipinski definition) is 3. The molecule has 2 atom stereocenters. The lowest BCUT2D eigenvalue weighted by Crippen LogP contribution is -2.39. The highest BCUT2D eigenvalue weighted by molar-refractivity contribution is 7.14. The maximum absolute atomic E-state index is 11.9. The molecule has 3 aromatic rings. The molecule has 1 saturated carbocycles. The molecule has 0 aromatic carbocycles. The van der Waals surface area contributed by atoms with Gasteiger partial charge in [0.2, 0.25) is 0 Å². The van der Waals surface area contributed by atoms with Crippen molar-refractivity contribution in [2.75, 3.05) is 10.6 Å². The zero-order valence-electron chi connectivity index (χ0n) is 15.7. The average molecular weight is 408 g/mol. The number of anilines is 2. The predicted octanol–water partition coefficient (Wildman–Crippen LogP) is 2.59. The van der Waals surface area contributed by atoms with E-state index >= 15 is 0 Å². The first kappa shape index (κ1) is 17.9. The van der Waals surface area contributed by atoms with E-state index in [-0.39, 0.29) is 5.56 Å². The fourth-order valence-corrected chi connectivity index (χ4v) is 4.57. The van der Waals surface area contributed by atoms with Crippen molar-refractivity contribution in [1.82, 2.24) is 20.1 Å². The van der Waals surface area contributed by atoms with Gasteiger partial charge in [-0.1, -0.05) is 0 Å². The minimum absolute atomic E-state index is 0.173. The molecule has 3 aromatic heterocycles. The minimum atomic E-state index is -0.173. The minimum Gasteiger partial charge on any atom is -0.367 e. The summed E-state index contributed by atoms with van der Waals surface area (Å²) in [5.41, 5.74) is 1.74.